The Morgan fingerprint density at radius 2 is 1.91 bits per heavy atom. The summed E-state index contributed by atoms with van der Waals surface area (Å²) < 4.78 is 0. The number of aromatic nitrogens is 2. The third-order valence-corrected chi connectivity index (χ3v) is 3.84. The normalized spacial score (nSPS) is 14.7. The number of fused-ring (bicyclic) bond motifs is 1. The largest absolute Gasteiger partial charge is 0.354 e. The first-order valence-corrected chi connectivity index (χ1v) is 7.31. The lowest BCUT2D eigenvalue weighted by atomic mass is 10.1. The number of H-pyrrole nitrogens is 1. The van der Waals surface area contributed by atoms with Crippen LogP contribution in [0.2, 0.25) is 0 Å². The topological polar surface area (TPSA) is 95.2 Å². The summed E-state index contributed by atoms with van der Waals surface area (Å²) >= 11 is 0. The summed E-state index contributed by atoms with van der Waals surface area (Å²) in [6.07, 6.45) is 3.85. The van der Waals surface area contributed by atoms with Crippen molar-refractivity contribution < 1.29 is 14.4 Å². The molecule has 1 aromatic heterocycles. The number of carbonyl (C=O) groups excluding carboxylic acids is 3. The fourth-order valence-corrected chi connectivity index (χ4v) is 2.57. The standard InChI is InChI=1S/C16H16N4O3/c1-10(14(21)18-7-6-11-8-17-9-19-11)20-15(22)12-4-2-3-5-13(12)16(20)23/h2-5,8-10H,6-7H2,1H3,(H,17,19)(H,18,21). The lowest BCUT2D eigenvalue weighted by Crippen LogP contribution is -2.48. The molecule has 0 bridgehead atoms. The van der Waals surface area contributed by atoms with Gasteiger partial charge in [-0.3, -0.25) is 19.3 Å². The molecule has 7 heteroatoms. The van der Waals surface area contributed by atoms with Crippen LogP contribution in [0.1, 0.15) is 33.3 Å². The third kappa shape index (κ3) is 2.73. The van der Waals surface area contributed by atoms with E-state index in [0.717, 1.165) is 10.6 Å². The maximum atomic E-state index is 12.3. The van der Waals surface area contributed by atoms with Crippen LogP contribution >= 0.6 is 0 Å². The van der Waals surface area contributed by atoms with Crippen LogP contribution in [-0.2, 0) is 11.2 Å². The van der Waals surface area contributed by atoms with Crippen LogP contribution < -0.4 is 5.32 Å². The first-order valence-electron chi connectivity index (χ1n) is 7.31. The highest BCUT2D eigenvalue weighted by Crippen LogP contribution is 2.24. The fourth-order valence-electron chi connectivity index (χ4n) is 2.57. The van der Waals surface area contributed by atoms with E-state index in [1.807, 2.05) is 0 Å². The molecule has 7 nitrogen and oxygen atoms in total. The Bertz CT molecular complexity index is 719. The molecule has 3 amide bonds. The summed E-state index contributed by atoms with van der Waals surface area (Å²) in [6, 6.07) is 5.73. The fraction of sp³-hybridized carbons (Fsp3) is 0.250. The number of hydrogen-bond donors (Lipinski definition) is 2. The van der Waals surface area contributed by atoms with Crippen LogP contribution in [0.3, 0.4) is 0 Å². The van der Waals surface area contributed by atoms with Crippen molar-refractivity contribution in [1.29, 1.82) is 0 Å². The van der Waals surface area contributed by atoms with Gasteiger partial charge in [0.25, 0.3) is 11.8 Å². The molecule has 2 N–H and O–H groups in total. The minimum absolute atomic E-state index is 0.342. The molecule has 0 saturated carbocycles. The van der Waals surface area contributed by atoms with Gasteiger partial charge < -0.3 is 10.3 Å². The number of amides is 3. The maximum absolute atomic E-state index is 12.3. The van der Waals surface area contributed by atoms with Crippen LogP contribution in [0.15, 0.2) is 36.8 Å². The molecular weight excluding hydrogens is 296 g/mol. The lowest BCUT2D eigenvalue weighted by molar-refractivity contribution is -0.124. The number of hydrogen-bond acceptors (Lipinski definition) is 4. The van der Waals surface area contributed by atoms with E-state index >= 15 is 0 Å². The summed E-state index contributed by atoms with van der Waals surface area (Å²) in [4.78, 5) is 44.7. The molecule has 1 atom stereocenters. The number of nitrogens with zero attached hydrogens (tertiary/aromatic N) is 2. The van der Waals surface area contributed by atoms with Gasteiger partial charge in [-0.1, -0.05) is 12.1 Å². The number of aromatic amines is 1. The van der Waals surface area contributed by atoms with E-state index < -0.39 is 17.9 Å². The van der Waals surface area contributed by atoms with E-state index in [0.29, 0.717) is 24.1 Å². The average molecular weight is 312 g/mol. The van der Waals surface area contributed by atoms with Gasteiger partial charge in [-0.15, -0.1) is 0 Å². The Hall–Kier alpha value is -2.96. The van der Waals surface area contributed by atoms with Crippen molar-refractivity contribution in [2.24, 2.45) is 0 Å². The summed E-state index contributed by atoms with van der Waals surface area (Å²) in [5.41, 5.74) is 1.59. The van der Waals surface area contributed by atoms with Crippen molar-refractivity contribution in [3.8, 4) is 0 Å². The van der Waals surface area contributed by atoms with Crippen molar-refractivity contribution in [3.63, 3.8) is 0 Å². The highest BCUT2D eigenvalue weighted by molar-refractivity contribution is 6.22. The van der Waals surface area contributed by atoms with Gasteiger partial charge >= 0.3 is 0 Å². The van der Waals surface area contributed by atoms with E-state index in [-0.39, 0.29) is 5.91 Å². The zero-order chi connectivity index (χ0) is 16.4. The molecule has 3 rings (SSSR count). The van der Waals surface area contributed by atoms with Crippen molar-refractivity contribution in [1.82, 2.24) is 20.2 Å². The van der Waals surface area contributed by atoms with Gasteiger partial charge in [-0.25, -0.2) is 4.98 Å². The summed E-state index contributed by atoms with van der Waals surface area (Å²) in [7, 11) is 0. The number of imidazole rings is 1. The molecule has 0 saturated heterocycles. The molecule has 23 heavy (non-hydrogen) atoms. The van der Waals surface area contributed by atoms with Crippen LogP contribution in [0, 0.1) is 0 Å². The Morgan fingerprint density at radius 1 is 1.26 bits per heavy atom. The molecule has 0 aliphatic carbocycles. The minimum atomic E-state index is -0.857. The SMILES string of the molecule is CC(C(=O)NCCc1cnc[nH]1)N1C(=O)c2ccccc2C1=O. The quantitative estimate of drug-likeness (QED) is 0.797. The molecule has 0 radical (unpaired) electrons. The molecule has 1 aromatic carbocycles. The molecule has 1 aliphatic heterocycles. The monoisotopic (exact) mass is 312 g/mol. The number of carbonyl (C=O) groups is 3. The molecule has 0 fully saturated rings. The second kappa shape index (κ2) is 6.04. The predicted molar refractivity (Wildman–Crippen MR) is 81.7 cm³/mol. The maximum Gasteiger partial charge on any atom is 0.262 e. The van der Waals surface area contributed by atoms with E-state index in [9.17, 15) is 14.4 Å². The molecule has 0 spiro atoms. The summed E-state index contributed by atoms with van der Waals surface area (Å²) in [5, 5.41) is 2.73. The number of nitrogens with one attached hydrogen (secondary N) is 2. The number of benzene rings is 1. The highest BCUT2D eigenvalue weighted by atomic mass is 16.2. The van der Waals surface area contributed by atoms with Crippen LogP contribution in [0.4, 0.5) is 0 Å². The first-order chi connectivity index (χ1) is 11.1. The Morgan fingerprint density at radius 3 is 2.48 bits per heavy atom. The Balaban J connectivity index is 1.64. The van der Waals surface area contributed by atoms with Crippen LogP contribution in [-0.4, -0.2) is 45.2 Å². The van der Waals surface area contributed by atoms with Gasteiger partial charge in [0.2, 0.25) is 5.91 Å². The lowest BCUT2D eigenvalue weighted by Gasteiger charge is -2.21. The van der Waals surface area contributed by atoms with E-state index in [4.69, 9.17) is 0 Å². The van der Waals surface area contributed by atoms with E-state index in [1.54, 1.807) is 43.7 Å². The second-order valence-electron chi connectivity index (χ2n) is 5.32. The average Bonchev–Trinajstić information content (AvgIpc) is 3.15. The van der Waals surface area contributed by atoms with E-state index in [1.165, 1.54) is 0 Å². The third-order valence-electron chi connectivity index (χ3n) is 3.84. The number of rotatable bonds is 5. The molecule has 118 valence electrons. The van der Waals surface area contributed by atoms with Crippen LogP contribution in [0.25, 0.3) is 0 Å². The van der Waals surface area contributed by atoms with Crippen molar-refractivity contribution >= 4 is 17.7 Å². The summed E-state index contributed by atoms with van der Waals surface area (Å²) in [6.45, 7) is 1.95. The van der Waals surface area contributed by atoms with Crippen molar-refractivity contribution in [2.45, 2.75) is 19.4 Å². The van der Waals surface area contributed by atoms with Gasteiger partial charge in [0.1, 0.15) is 6.04 Å². The first kappa shape index (κ1) is 15.0. The smallest absolute Gasteiger partial charge is 0.262 e. The number of imide groups is 1. The highest BCUT2D eigenvalue weighted by Gasteiger charge is 2.40. The molecule has 1 aliphatic rings. The van der Waals surface area contributed by atoms with Gasteiger partial charge in [0, 0.05) is 24.9 Å². The van der Waals surface area contributed by atoms with Gasteiger partial charge in [0.05, 0.1) is 17.5 Å². The molecule has 1 unspecified atom stereocenters. The van der Waals surface area contributed by atoms with E-state index in [2.05, 4.69) is 15.3 Å². The molecular formula is C16H16N4O3. The van der Waals surface area contributed by atoms with Gasteiger partial charge in [-0.2, -0.15) is 0 Å². The van der Waals surface area contributed by atoms with Gasteiger partial charge in [0.15, 0.2) is 0 Å². The Labute approximate surface area is 132 Å². The molecule has 2 heterocycles. The van der Waals surface area contributed by atoms with Crippen LogP contribution in [0.5, 0.6) is 0 Å². The predicted octanol–water partition coefficient (Wildman–Crippen LogP) is 0.753. The zero-order valence-corrected chi connectivity index (χ0v) is 12.6. The van der Waals surface area contributed by atoms with Crippen molar-refractivity contribution in [3.05, 3.63) is 53.6 Å². The Kier molecular flexibility index (Phi) is 3.92. The zero-order valence-electron chi connectivity index (χ0n) is 12.6. The van der Waals surface area contributed by atoms with Crippen molar-refractivity contribution in [2.75, 3.05) is 6.54 Å². The van der Waals surface area contributed by atoms with Gasteiger partial charge in [-0.05, 0) is 19.1 Å². The molecule has 2 aromatic rings. The minimum Gasteiger partial charge on any atom is -0.354 e. The second-order valence-corrected chi connectivity index (χ2v) is 5.32. The summed E-state index contributed by atoms with van der Waals surface area (Å²) in [5.74, 6) is -1.22.